The number of halogens is 1. The molecule has 5 heteroatoms. The zero-order valence-corrected chi connectivity index (χ0v) is 14.7. The van der Waals surface area contributed by atoms with Crippen LogP contribution in [0.1, 0.15) is 16.7 Å². The number of hydrogen-bond donors (Lipinski definition) is 0. The van der Waals surface area contributed by atoms with E-state index < -0.39 is 0 Å². The molecular weight excluding hydrogens is 334 g/mol. The average molecular weight is 354 g/mol. The number of carbonyl (C=O) groups excluding carboxylic acids is 1. The molecule has 2 aromatic rings. The molecule has 0 bridgehead atoms. The summed E-state index contributed by atoms with van der Waals surface area (Å²) in [6.45, 7) is 4.03. The van der Waals surface area contributed by atoms with Gasteiger partial charge in [-0.25, -0.2) is 0 Å². The molecule has 1 amide bonds. The van der Waals surface area contributed by atoms with Gasteiger partial charge in [0.1, 0.15) is 0 Å². The molecule has 0 aromatic heterocycles. The molecule has 0 N–H and O–H groups in total. The molecule has 25 heavy (non-hydrogen) atoms. The van der Waals surface area contributed by atoms with Crippen LogP contribution >= 0.6 is 11.6 Å². The van der Waals surface area contributed by atoms with Crippen molar-refractivity contribution in [1.82, 2.24) is 9.80 Å². The molecule has 3 rings (SSSR count). The van der Waals surface area contributed by atoms with Crippen molar-refractivity contribution in [2.45, 2.75) is 13.0 Å². The van der Waals surface area contributed by atoms with E-state index in [-0.39, 0.29) is 5.91 Å². The molecule has 0 unspecified atom stereocenters. The first-order valence-electron chi connectivity index (χ1n) is 8.38. The lowest BCUT2D eigenvalue weighted by molar-refractivity contribution is -0.132. The van der Waals surface area contributed by atoms with Gasteiger partial charge in [-0.2, -0.15) is 5.26 Å². The van der Waals surface area contributed by atoms with E-state index >= 15 is 0 Å². The van der Waals surface area contributed by atoms with E-state index in [1.807, 2.05) is 53.4 Å². The van der Waals surface area contributed by atoms with Crippen LogP contribution in [0.25, 0.3) is 0 Å². The van der Waals surface area contributed by atoms with Crippen LogP contribution in [0.3, 0.4) is 0 Å². The fraction of sp³-hybridized carbons (Fsp3) is 0.300. The monoisotopic (exact) mass is 353 g/mol. The number of benzene rings is 2. The summed E-state index contributed by atoms with van der Waals surface area (Å²) >= 11 is 6.14. The fourth-order valence-corrected chi connectivity index (χ4v) is 3.22. The third-order valence-corrected chi connectivity index (χ3v) is 4.88. The van der Waals surface area contributed by atoms with Gasteiger partial charge in [-0.05, 0) is 29.3 Å². The van der Waals surface area contributed by atoms with E-state index in [1.165, 1.54) is 5.56 Å². The van der Waals surface area contributed by atoms with Crippen molar-refractivity contribution in [1.29, 1.82) is 5.26 Å². The predicted octanol–water partition coefficient (Wildman–Crippen LogP) is 3.10. The summed E-state index contributed by atoms with van der Waals surface area (Å²) in [5.74, 6) is 0.131. The highest BCUT2D eigenvalue weighted by Gasteiger charge is 2.21. The predicted molar refractivity (Wildman–Crippen MR) is 98.2 cm³/mol. The Labute approximate surface area is 153 Å². The van der Waals surface area contributed by atoms with Gasteiger partial charge < -0.3 is 4.90 Å². The van der Waals surface area contributed by atoms with E-state index in [0.29, 0.717) is 17.0 Å². The Hall–Kier alpha value is -2.35. The van der Waals surface area contributed by atoms with Crippen molar-refractivity contribution in [3.05, 3.63) is 70.2 Å². The van der Waals surface area contributed by atoms with Gasteiger partial charge in [0.05, 0.1) is 18.1 Å². The number of rotatable bonds is 4. The van der Waals surface area contributed by atoms with Crippen LogP contribution in [0.2, 0.25) is 5.02 Å². The van der Waals surface area contributed by atoms with E-state index in [0.717, 1.165) is 38.3 Å². The highest BCUT2D eigenvalue weighted by Crippen LogP contribution is 2.17. The molecule has 1 fully saturated rings. The molecule has 0 saturated carbocycles. The number of piperazine rings is 1. The Morgan fingerprint density at radius 3 is 2.36 bits per heavy atom. The van der Waals surface area contributed by atoms with E-state index in [9.17, 15) is 4.79 Å². The molecule has 128 valence electrons. The largest absolute Gasteiger partial charge is 0.340 e. The molecule has 4 nitrogen and oxygen atoms in total. The zero-order chi connectivity index (χ0) is 17.6. The number of nitrogens with zero attached hydrogens (tertiary/aromatic N) is 3. The summed E-state index contributed by atoms with van der Waals surface area (Å²) in [5.41, 5.74) is 2.75. The van der Waals surface area contributed by atoms with Gasteiger partial charge >= 0.3 is 0 Å². The third kappa shape index (κ3) is 4.60. The smallest absolute Gasteiger partial charge is 0.227 e. The SMILES string of the molecule is N#Cc1ccc(CN2CCN(C(=O)Cc3ccccc3Cl)CC2)cc1. The standard InChI is InChI=1S/C20H20ClN3O/c21-19-4-2-1-3-18(19)13-20(25)24-11-9-23(10-12-24)15-17-7-5-16(14-22)6-8-17/h1-8H,9-13,15H2. The third-order valence-electron chi connectivity index (χ3n) is 4.51. The summed E-state index contributed by atoms with van der Waals surface area (Å²) in [6.07, 6.45) is 0.356. The quantitative estimate of drug-likeness (QED) is 0.848. The summed E-state index contributed by atoms with van der Waals surface area (Å²) < 4.78 is 0. The Bertz CT molecular complexity index is 774. The summed E-state index contributed by atoms with van der Waals surface area (Å²) in [4.78, 5) is 16.7. The first kappa shape index (κ1) is 17.5. The Morgan fingerprint density at radius 1 is 1.04 bits per heavy atom. The molecule has 0 spiro atoms. The molecule has 1 aliphatic rings. The average Bonchev–Trinajstić information content (AvgIpc) is 2.65. The minimum Gasteiger partial charge on any atom is -0.340 e. The molecule has 1 heterocycles. The molecular formula is C20H20ClN3O. The lowest BCUT2D eigenvalue weighted by Crippen LogP contribution is -2.48. The van der Waals surface area contributed by atoms with Crippen molar-refractivity contribution in [2.75, 3.05) is 26.2 Å². The highest BCUT2D eigenvalue weighted by molar-refractivity contribution is 6.31. The van der Waals surface area contributed by atoms with E-state index in [2.05, 4.69) is 11.0 Å². The van der Waals surface area contributed by atoms with Crippen LogP contribution in [0, 0.1) is 11.3 Å². The number of hydrogen-bond acceptors (Lipinski definition) is 3. The molecule has 1 saturated heterocycles. The molecule has 0 atom stereocenters. The van der Waals surface area contributed by atoms with Crippen molar-refractivity contribution < 1.29 is 4.79 Å². The first-order valence-corrected chi connectivity index (χ1v) is 8.76. The van der Waals surface area contributed by atoms with Crippen LogP contribution in [0.4, 0.5) is 0 Å². The fourth-order valence-electron chi connectivity index (χ4n) is 3.01. The highest BCUT2D eigenvalue weighted by atomic mass is 35.5. The lowest BCUT2D eigenvalue weighted by atomic mass is 10.1. The summed E-state index contributed by atoms with van der Waals surface area (Å²) in [7, 11) is 0. The Kier molecular flexibility index (Phi) is 5.70. The number of amides is 1. The van der Waals surface area contributed by atoms with E-state index in [1.54, 1.807) is 0 Å². The van der Waals surface area contributed by atoms with Crippen LogP contribution < -0.4 is 0 Å². The van der Waals surface area contributed by atoms with Gasteiger partial charge in [0.2, 0.25) is 5.91 Å². The van der Waals surface area contributed by atoms with Gasteiger partial charge in [0.25, 0.3) is 0 Å². The normalized spacial score (nSPS) is 15.0. The molecule has 1 aliphatic heterocycles. The number of carbonyl (C=O) groups is 1. The number of nitriles is 1. The van der Waals surface area contributed by atoms with Crippen molar-refractivity contribution >= 4 is 17.5 Å². The maximum Gasteiger partial charge on any atom is 0.227 e. The van der Waals surface area contributed by atoms with Crippen molar-refractivity contribution in [3.8, 4) is 6.07 Å². The molecule has 2 aromatic carbocycles. The molecule has 0 radical (unpaired) electrons. The van der Waals surface area contributed by atoms with Crippen molar-refractivity contribution in [3.63, 3.8) is 0 Å². The van der Waals surface area contributed by atoms with Crippen LogP contribution in [0.15, 0.2) is 48.5 Å². The zero-order valence-electron chi connectivity index (χ0n) is 14.0. The van der Waals surface area contributed by atoms with Crippen molar-refractivity contribution in [2.24, 2.45) is 0 Å². The van der Waals surface area contributed by atoms with Crippen LogP contribution in [0.5, 0.6) is 0 Å². The second kappa shape index (κ2) is 8.15. The maximum absolute atomic E-state index is 12.5. The van der Waals surface area contributed by atoms with Gasteiger partial charge in [-0.1, -0.05) is 41.9 Å². The van der Waals surface area contributed by atoms with Crippen LogP contribution in [-0.2, 0) is 17.8 Å². The Balaban J connectivity index is 1.50. The topological polar surface area (TPSA) is 47.3 Å². The van der Waals surface area contributed by atoms with Gasteiger partial charge in [-0.15, -0.1) is 0 Å². The first-order chi connectivity index (χ1) is 12.2. The minimum atomic E-state index is 0.131. The second-order valence-electron chi connectivity index (χ2n) is 6.23. The summed E-state index contributed by atoms with van der Waals surface area (Å²) in [5, 5.41) is 9.50. The van der Waals surface area contributed by atoms with Gasteiger partial charge in [0, 0.05) is 37.7 Å². The Morgan fingerprint density at radius 2 is 1.72 bits per heavy atom. The second-order valence-corrected chi connectivity index (χ2v) is 6.64. The van der Waals surface area contributed by atoms with E-state index in [4.69, 9.17) is 16.9 Å². The van der Waals surface area contributed by atoms with Gasteiger partial charge in [-0.3, -0.25) is 9.69 Å². The molecule has 0 aliphatic carbocycles. The lowest BCUT2D eigenvalue weighted by Gasteiger charge is -2.35. The maximum atomic E-state index is 12.5. The summed E-state index contributed by atoms with van der Waals surface area (Å²) in [6, 6.07) is 17.3. The minimum absolute atomic E-state index is 0.131. The van der Waals surface area contributed by atoms with Crippen LogP contribution in [-0.4, -0.2) is 41.9 Å². The van der Waals surface area contributed by atoms with Gasteiger partial charge in [0.15, 0.2) is 0 Å².